The molecule has 0 saturated carbocycles. The van der Waals surface area contributed by atoms with Crippen LogP contribution in [0.5, 0.6) is 0 Å². The van der Waals surface area contributed by atoms with Crippen LogP contribution in [0.3, 0.4) is 0 Å². The summed E-state index contributed by atoms with van der Waals surface area (Å²) in [5.74, 6) is 0. The van der Waals surface area contributed by atoms with Crippen molar-refractivity contribution in [2.24, 2.45) is 0 Å². The maximum Gasteiger partial charge on any atom is 0.135 e. The maximum absolute atomic E-state index is 6.34. The van der Waals surface area contributed by atoms with Crippen molar-refractivity contribution in [1.29, 1.82) is 0 Å². The van der Waals surface area contributed by atoms with Gasteiger partial charge in [-0.1, -0.05) is 129 Å². The molecule has 51 heavy (non-hydrogen) atoms. The monoisotopic (exact) mass is 653 g/mol. The Labute approximate surface area is 297 Å². The number of furan rings is 1. The summed E-state index contributed by atoms with van der Waals surface area (Å²) in [5.41, 5.74) is 15.1. The Bertz CT molecular complexity index is 2750. The van der Waals surface area contributed by atoms with Crippen molar-refractivity contribution in [2.45, 2.75) is 19.3 Å². The van der Waals surface area contributed by atoms with E-state index in [0.717, 1.165) is 33.6 Å². The second kappa shape index (κ2) is 11.3. The molecular formula is C49H35NO. The van der Waals surface area contributed by atoms with E-state index >= 15 is 0 Å². The van der Waals surface area contributed by atoms with Crippen molar-refractivity contribution in [3.05, 3.63) is 187 Å². The van der Waals surface area contributed by atoms with E-state index in [-0.39, 0.29) is 5.41 Å². The Morgan fingerprint density at radius 1 is 0.392 bits per heavy atom. The molecule has 8 aromatic carbocycles. The lowest BCUT2D eigenvalue weighted by Crippen LogP contribution is -2.16. The minimum Gasteiger partial charge on any atom is -0.456 e. The summed E-state index contributed by atoms with van der Waals surface area (Å²) in [6.45, 7) is 4.68. The molecule has 1 aliphatic carbocycles. The minimum absolute atomic E-state index is 0.198. The topological polar surface area (TPSA) is 16.4 Å². The molecular weight excluding hydrogens is 619 g/mol. The van der Waals surface area contributed by atoms with Gasteiger partial charge in [-0.3, -0.25) is 0 Å². The van der Waals surface area contributed by atoms with E-state index in [4.69, 9.17) is 4.42 Å². The van der Waals surface area contributed by atoms with Gasteiger partial charge in [0.1, 0.15) is 11.2 Å². The standard InChI is InChI=1S/C49H35NO/c1-49(2)45-29-40(26-27-41(45)43-30-44-42-14-8-9-15-47(42)51-48(44)31-46(43)49)50(38-22-18-34(19-23-38)32-10-4-3-5-11-32)39-24-20-35(21-25-39)37-17-16-33-12-6-7-13-36(33)28-37/h3-31H,1-2H3. The number of benzene rings is 8. The SMILES string of the molecule is CC1(C)c2cc(N(c3ccc(-c4ccccc4)cc3)c3ccc(-c4ccc5ccccc5c4)cc3)ccc2-c2cc3c(cc21)oc1ccccc13. The summed E-state index contributed by atoms with van der Waals surface area (Å²) < 4.78 is 6.34. The minimum atomic E-state index is -0.198. The molecule has 1 aliphatic rings. The van der Waals surface area contributed by atoms with Crippen LogP contribution in [-0.4, -0.2) is 0 Å². The Balaban J connectivity index is 1.09. The second-order valence-electron chi connectivity index (χ2n) is 14.2. The van der Waals surface area contributed by atoms with Gasteiger partial charge >= 0.3 is 0 Å². The number of para-hydroxylation sites is 1. The molecule has 0 bridgehead atoms. The number of nitrogens with zero attached hydrogens (tertiary/aromatic N) is 1. The van der Waals surface area contributed by atoms with Crippen molar-refractivity contribution in [3.63, 3.8) is 0 Å². The van der Waals surface area contributed by atoms with Gasteiger partial charge in [-0.2, -0.15) is 0 Å². The molecule has 0 fully saturated rings. The Morgan fingerprint density at radius 3 is 1.75 bits per heavy atom. The molecule has 0 aliphatic heterocycles. The van der Waals surface area contributed by atoms with E-state index in [0.29, 0.717) is 0 Å². The number of hydrogen-bond acceptors (Lipinski definition) is 2. The highest BCUT2D eigenvalue weighted by Gasteiger charge is 2.37. The van der Waals surface area contributed by atoms with Gasteiger partial charge in [-0.25, -0.2) is 0 Å². The lowest BCUT2D eigenvalue weighted by Gasteiger charge is -2.28. The molecule has 10 rings (SSSR count). The van der Waals surface area contributed by atoms with Gasteiger partial charge in [0.05, 0.1) is 0 Å². The molecule has 242 valence electrons. The van der Waals surface area contributed by atoms with Gasteiger partial charge in [0, 0.05) is 33.2 Å². The third-order valence-electron chi connectivity index (χ3n) is 10.9. The third kappa shape index (κ3) is 4.79. The average Bonchev–Trinajstić information content (AvgIpc) is 3.65. The van der Waals surface area contributed by atoms with E-state index in [1.165, 1.54) is 60.7 Å². The highest BCUT2D eigenvalue weighted by atomic mass is 16.3. The number of anilines is 3. The van der Waals surface area contributed by atoms with E-state index in [1.807, 2.05) is 6.07 Å². The molecule has 0 amide bonds. The van der Waals surface area contributed by atoms with Gasteiger partial charge < -0.3 is 9.32 Å². The van der Waals surface area contributed by atoms with Crippen molar-refractivity contribution >= 4 is 49.8 Å². The van der Waals surface area contributed by atoms with Crippen LogP contribution in [0, 0.1) is 0 Å². The second-order valence-corrected chi connectivity index (χ2v) is 14.2. The first-order valence-corrected chi connectivity index (χ1v) is 17.7. The molecule has 0 atom stereocenters. The molecule has 1 aromatic heterocycles. The molecule has 1 heterocycles. The molecule has 2 nitrogen and oxygen atoms in total. The van der Waals surface area contributed by atoms with Crippen molar-refractivity contribution < 1.29 is 4.42 Å². The summed E-state index contributed by atoms with van der Waals surface area (Å²) >= 11 is 0. The molecule has 9 aromatic rings. The fourth-order valence-corrected chi connectivity index (χ4v) is 8.13. The highest BCUT2D eigenvalue weighted by Crippen LogP contribution is 2.52. The third-order valence-corrected chi connectivity index (χ3v) is 10.9. The Morgan fingerprint density at radius 2 is 0.980 bits per heavy atom. The van der Waals surface area contributed by atoms with Crippen LogP contribution in [-0.2, 0) is 5.41 Å². The summed E-state index contributed by atoms with van der Waals surface area (Å²) in [4.78, 5) is 2.39. The van der Waals surface area contributed by atoms with Crippen LogP contribution in [0.25, 0.3) is 66.1 Å². The van der Waals surface area contributed by atoms with Crippen LogP contribution in [0.1, 0.15) is 25.0 Å². The van der Waals surface area contributed by atoms with Crippen molar-refractivity contribution in [3.8, 4) is 33.4 Å². The van der Waals surface area contributed by atoms with Crippen molar-refractivity contribution in [1.82, 2.24) is 0 Å². The lowest BCUT2D eigenvalue weighted by atomic mass is 9.82. The largest absolute Gasteiger partial charge is 0.456 e. The van der Waals surface area contributed by atoms with Crippen LogP contribution >= 0.6 is 0 Å². The fourth-order valence-electron chi connectivity index (χ4n) is 8.13. The quantitative estimate of drug-likeness (QED) is 0.184. The average molecular weight is 654 g/mol. The van der Waals surface area contributed by atoms with E-state index in [1.54, 1.807) is 0 Å². The predicted molar refractivity (Wildman–Crippen MR) is 214 cm³/mol. The Kier molecular flexibility index (Phi) is 6.56. The lowest BCUT2D eigenvalue weighted by molar-refractivity contribution is 0.647. The summed E-state index contributed by atoms with van der Waals surface area (Å²) in [6, 6.07) is 63.7. The summed E-state index contributed by atoms with van der Waals surface area (Å²) in [7, 11) is 0. The van der Waals surface area contributed by atoms with E-state index in [9.17, 15) is 0 Å². The maximum atomic E-state index is 6.34. The van der Waals surface area contributed by atoms with Gasteiger partial charge in [0.2, 0.25) is 0 Å². The van der Waals surface area contributed by atoms with Crippen LogP contribution in [0.15, 0.2) is 180 Å². The number of hydrogen-bond donors (Lipinski definition) is 0. The van der Waals surface area contributed by atoms with Gasteiger partial charge in [0.15, 0.2) is 0 Å². The first kappa shape index (κ1) is 29.5. The number of fused-ring (bicyclic) bond motifs is 7. The van der Waals surface area contributed by atoms with Crippen LogP contribution in [0.2, 0.25) is 0 Å². The van der Waals surface area contributed by atoms with Gasteiger partial charge in [-0.15, -0.1) is 0 Å². The van der Waals surface area contributed by atoms with Crippen LogP contribution < -0.4 is 4.90 Å². The smallest absolute Gasteiger partial charge is 0.135 e. The molecule has 2 heteroatoms. The summed E-state index contributed by atoms with van der Waals surface area (Å²) in [5, 5.41) is 4.84. The molecule has 0 N–H and O–H groups in total. The van der Waals surface area contributed by atoms with Gasteiger partial charge in [-0.05, 0) is 116 Å². The number of rotatable bonds is 5. The zero-order chi connectivity index (χ0) is 34.1. The Hall–Kier alpha value is -6.38. The van der Waals surface area contributed by atoms with E-state index < -0.39 is 0 Å². The molecule has 0 saturated heterocycles. The highest BCUT2D eigenvalue weighted by molar-refractivity contribution is 6.08. The first-order chi connectivity index (χ1) is 25.0. The molecule has 0 radical (unpaired) electrons. The molecule has 0 unspecified atom stereocenters. The predicted octanol–water partition coefficient (Wildman–Crippen LogP) is 13.8. The van der Waals surface area contributed by atoms with E-state index in [2.05, 4.69) is 189 Å². The van der Waals surface area contributed by atoms with Gasteiger partial charge in [0.25, 0.3) is 0 Å². The fraction of sp³-hybridized carbons (Fsp3) is 0.0612. The first-order valence-electron chi connectivity index (χ1n) is 17.7. The van der Waals surface area contributed by atoms with Crippen molar-refractivity contribution in [2.75, 3.05) is 4.90 Å². The zero-order valence-corrected chi connectivity index (χ0v) is 28.6. The van der Waals surface area contributed by atoms with Crippen LogP contribution in [0.4, 0.5) is 17.1 Å². The molecule has 0 spiro atoms. The zero-order valence-electron chi connectivity index (χ0n) is 28.6. The summed E-state index contributed by atoms with van der Waals surface area (Å²) in [6.07, 6.45) is 0. The normalized spacial score (nSPS) is 13.1.